The lowest BCUT2D eigenvalue weighted by molar-refractivity contribution is 0.0954. The van der Waals surface area contributed by atoms with Gasteiger partial charge in [0.2, 0.25) is 0 Å². The molecule has 3 aromatic rings. The molecule has 5 heteroatoms. The molecule has 0 atom stereocenters. The Labute approximate surface area is 160 Å². The Balaban J connectivity index is 1.91. The predicted molar refractivity (Wildman–Crippen MR) is 109 cm³/mol. The van der Waals surface area contributed by atoms with Gasteiger partial charge in [0, 0.05) is 24.8 Å². The van der Waals surface area contributed by atoms with Crippen LogP contribution in [0.4, 0.5) is 0 Å². The number of carbonyl (C=O) groups excluding carboxylic acids is 1. The second-order valence-electron chi connectivity index (χ2n) is 6.80. The monoisotopic (exact) mass is 362 g/mol. The highest BCUT2D eigenvalue weighted by Gasteiger charge is 2.18. The number of amides is 1. The molecule has 0 spiro atoms. The van der Waals surface area contributed by atoms with Crippen LogP contribution >= 0.6 is 0 Å². The van der Waals surface area contributed by atoms with Gasteiger partial charge in [0.25, 0.3) is 5.91 Å². The van der Waals surface area contributed by atoms with Crippen molar-refractivity contribution in [3.8, 4) is 11.3 Å². The Kier molecular flexibility index (Phi) is 6.04. The molecule has 0 saturated carbocycles. The highest BCUT2D eigenvalue weighted by molar-refractivity contribution is 5.99. The largest absolute Gasteiger partial charge is 0.351 e. The van der Waals surface area contributed by atoms with Gasteiger partial charge in [-0.05, 0) is 26.5 Å². The molecule has 1 amide bonds. The summed E-state index contributed by atoms with van der Waals surface area (Å²) in [5.74, 6) is -0.101. The Bertz CT molecular complexity index is 895. The summed E-state index contributed by atoms with van der Waals surface area (Å²) in [6, 6.07) is 16.5. The lowest BCUT2D eigenvalue weighted by Crippen LogP contribution is -2.30. The van der Waals surface area contributed by atoms with Gasteiger partial charge < -0.3 is 10.6 Å². The van der Waals surface area contributed by atoms with Gasteiger partial charge in [0.05, 0.1) is 12.1 Å². The van der Waals surface area contributed by atoms with E-state index < -0.39 is 0 Å². The fourth-order valence-corrected chi connectivity index (χ4v) is 2.87. The number of benzene rings is 2. The number of nitrogens with zero attached hydrogens (tertiary/aromatic N) is 2. The maximum atomic E-state index is 12.7. The van der Waals surface area contributed by atoms with E-state index in [0.717, 1.165) is 17.7 Å². The summed E-state index contributed by atoms with van der Waals surface area (Å²) in [6.45, 7) is 6.05. The van der Waals surface area contributed by atoms with E-state index in [1.165, 1.54) is 11.1 Å². The molecule has 0 unspecified atom stereocenters. The summed E-state index contributed by atoms with van der Waals surface area (Å²) < 4.78 is 1.84. The molecule has 3 rings (SSSR count). The highest BCUT2D eigenvalue weighted by atomic mass is 16.1. The van der Waals surface area contributed by atoms with Crippen molar-refractivity contribution < 1.29 is 4.79 Å². The van der Waals surface area contributed by atoms with Gasteiger partial charge in [0.15, 0.2) is 0 Å². The second-order valence-corrected chi connectivity index (χ2v) is 6.80. The third-order valence-electron chi connectivity index (χ3n) is 4.46. The van der Waals surface area contributed by atoms with Gasteiger partial charge in [-0.25, -0.2) is 0 Å². The lowest BCUT2D eigenvalue weighted by Gasteiger charge is -2.05. The minimum Gasteiger partial charge on any atom is -0.351 e. The topological polar surface area (TPSA) is 58.9 Å². The van der Waals surface area contributed by atoms with Crippen molar-refractivity contribution in [2.24, 2.45) is 0 Å². The molecule has 2 aromatic carbocycles. The lowest BCUT2D eigenvalue weighted by atomic mass is 10.1. The van der Waals surface area contributed by atoms with Crippen molar-refractivity contribution in [3.63, 3.8) is 0 Å². The zero-order valence-corrected chi connectivity index (χ0v) is 16.1. The van der Waals surface area contributed by atoms with Gasteiger partial charge in [0.1, 0.15) is 5.69 Å². The van der Waals surface area contributed by atoms with E-state index in [1.807, 2.05) is 49.1 Å². The first-order valence-corrected chi connectivity index (χ1v) is 9.19. The third kappa shape index (κ3) is 4.83. The maximum Gasteiger partial charge on any atom is 0.255 e. The average molecular weight is 362 g/mol. The van der Waals surface area contributed by atoms with Crippen molar-refractivity contribution in [3.05, 3.63) is 77.0 Å². The van der Waals surface area contributed by atoms with Crippen molar-refractivity contribution in [1.29, 1.82) is 0 Å². The van der Waals surface area contributed by atoms with Gasteiger partial charge in [-0.1, -0.05) is 59.7 Å². The minimum atomic E-state index is -0.101. The van der Waals surface area contributed by atoms with Crippen molar-refractivity contribution in [2.45, 2.75) is 20.4 Å². The SMILES string of the molecule is CNCCNC(=O)c1cn(Cc2ccc(C)cc2)nc1-c1ccc(C)cc1. The Morgan fingerprint density at radius 1 is 0.963 bits per heavy atom. The molecular formula is C22H26N4O. The van der Waals surface area contributed by atoms with E-state index in [0.29, 0.717) is 24.3 Å². The molecule has 0 saturated heterocycles. The zero-order valence-electron chi connectivity index (χ0n) is 16.1. The molecule has 27 heavy (non-hydrogen) atoms. The van der Waals surface area contributed by atoms with Crippen LogP contribution in [-0.2, 0) is 6.54 Å². The van der Waals surface area contributed by atoms with E-state index >= 15 is 0 Å². The molecule has 1 aromatic heterocycles. The summed E-state index contributed by atoms with van der Waals surface area (Å²) in [5, 5.41) is 10.7. The van der Waals surface area contributed by atoms with Crippen LogP contribution in [0.5, 0.6) is 0 Å². The number of rotatable bonds is 7. The van der Waals surface area contributed by atoms with E-state index in [1.54, 1.807) is 0 Å². The number of hydrogen-bond acceptors (Lipinski definition) is 3. The number of hydrogen-bond donors (Lipinski definition) is 2. The number of aryl methyl sites for hydroxylation is 2. The number of aromatic nitrogens is 2. The molecule has 0 aliphatic heterocycles. The normalized spacial score (nSPS) is 10.8. The smallest absolute Gasteiger partial charge is 0.255 e. The van der Waals surface area contributed by atoms with Crippen LogP contribution < -0.4 is 10.6 Å². The van der Waals surface area contributed by atoms with Gasteiger partial charge in [-0.15, -0.1) is 0 Å². The van der Waals surface area contributed by atoms with Crippen LogP contribution in [0.25, 0.3) is 11.3 Å². The van der Waals surface area contributed by atoms with E-state index in [4.69, 9.17) is 5.10 Å². The third-order valence-corrected chi connectivity index (χ3v) is 4.46. The first kappa shape index (κ1) is 18.9. The summed E-state index contributed by atoms with van der Waals surface area (Å²) in [6.07, 6.45) is 1.84. The molecule has 5 nitrogen and oxygen atoms in total. The molecule has 0 aliphatic carbocycles. The summed E-state index contributed by atoms with van der Waals surface area (Å²) >= 11 is 0. The molecule has 140 valence electrons. The molecule has 2 N–H and O–H groups in total. The minimum absolute atomic E-state index is 0.101. The van der Waals surface area contributed by atoms with Gasteiger partial charge in [-0.3, -0.25) is 9.48 Å². The standard InChI is InChI=1S/C22H26N4O/c1-16-4-8-18(9-5-16)14-26-15-20(22(27)24-13-12-23-3)21(25-26)19-10-6-17(2)7-11-19/h4-11,15,23H,12-14H2,1-3H3,(H,24,27). The first-order valence-electron chi connectivity index (χ1n) is 9.19. The van der Waals surface area contributed by atoms with E-state index in [-0.39, 0.29) is 5.91 Å². The quantitative estimate of drug-likeness (QED) is 0.635. The number of likely N-dealkylation sites (N-methyl/N-ethyl adjacent to an activating group) is 1. The predicted octanol–water partition coefficient (Wildman–Crippen LogP) is 3.16. The van der Waals surface area contributed by atoms with Crippen LogP contribution in [-0.4, -0.2) is 35.8 Å². The summed E-state index contributed by atoms with van der Waals surface area (Å²) in [5.41, 5.74) is 5.82. The van der Waals surface area contributed by atoms with Crippen LogP contribution in [0.1, 0.15) is 27.0 Å². The summed E-state index contributed by atoms with van der Waals surface area (Å²) in [4.78, 5) is 12.7. The van der Waals surface area contributed by atoms with Gasteiger partial charge >= 0.3 is 0 Å². The molecule has 0 aliphatic rings. The molecular weight excluding hydrogens is 336 g/mol. The summed E-state index contributed by atoms with van der Waals surface area (Å²) in [7, 11) is 1.86. The zero-order chi connectivity index (χ0) is 19.2. The van der Waals surface area contributed by atoms with E-state index in [9.17, 15) is 4.79 Å². The molecule has 0 radical (unpaired) electrons. The van der Waals surface area contributed by atoms with Crippen LogP contribution in [0.3, 0.4) is 0 Å². The Hall–Kier alpha value is -2.92. The number of nitrogens with one attached hydrogen (secondary N) is 2. The average Bonchev–Trinajstić information content (AvgIpc) is 3.08. The molecule has 0 fully saturated rings. The maximum absolute atomic E-state index is 12.7. The number of carbonyl (C=O) groups is 1. The van der Waals surface area contributed by atoms with Crippen LogP contribution in [0.15, 0.2) is 54.7 Å². The van der Waals surface area contributed by atoms with Crippen molar-refractivity contribution in [1.82, 2.24) is 20.4 Å². The van der Waals surface area contributed by atoms with Crippen LogP contribution in [0, 0.1) is 13.8 Å². The van der Waals surface area contributed by atoms with E-state index in [2.05, 4.69) is 41.8 Å². The Morgan fingerprint density at radius 3 is 2.22 bits per heavy atom. The molecule has 0 bridgehead atoms. The molecule has 1 heterocycles. The second kappa shape index (κ2) is 8.64. The fourth-order valence-electron chi connectivity index (χ4n) is 2.87. The first-order chi connectivity index (χ1) is 13.1. The Morgan fingerprint density at radius 2 is 1.59 bits per heavy atom. The van der Waals surface area contributed by atoms with Crippen LogP contribution in [0.2, 0.25) is 0 Å². The van der Waals surface area contributed by atoms with Gasteiger partial charge in [-0.2, -0.15) is 5.10 Å². The van der Waals surface area contributed by atoms with Crippen molar-refractivity contribution in [2.75, 3.05) is 20.1 Å². The highest BCUT2D eigenvalue weighted by Crippen LogP contribution is 2.23. The fraction of sp³-hybridized carbons (Fsp3) is 0.273. The van der Waals surface area contributed by atoms with Crippen molar-refractivity contribution >= 4 is 5.91 Å².